The normalized spacial score (nSPS) is 11.0. The van der Waals surface area contributed by atoms with Gasteiger partial charge in [0.15, 0.2) is 0 Å². The smallest absolute Gasteiger partial charge is 0.0504 e. The Balaban J connectivity index is 2.68. The Labute approximate surface area is 108 Å². The summed E-state index contributed by atoms with van der Waals surface area (Å²) in [6.07, 6.45) is 0. The standard InChI is InChI=1S/C11H16Br2N2/c1-7(2)5-15-6-8-3-9(12)4-10(13)11(8)14/h3-4,7,15H,5-6,14H2,1-2H3. The van der Waals surface area contributed by atoms with Crippen LogP contribution in [0.1, 0.15) is 19.4 Å². The highest BCUT2D eigenvalue weighted by Gasteiger charge is 2.05. The second-order valence-electron chi connectivity index (χ2n) is 3.99. The first-order valence-corrected chi connectivity index (χ1v) is 6.53. The molecule has 0 atom stereocenters. The Bertz CT molecular complexity index is 338. The number of benzene rings is 1. The van der Waals surface area contributed by atoms with Gasteiger partial charge in [0.05, 0.1) is 5.69 Å². The van der Waals surface area contributed by atoms with Crippen molar-refractivity contribution < 1.29 is 0 Å². The number of hydrogen-bond donors (Lipinski definition) is 2. The highest BCUT2D eigenvalue weighted by Crippen LogP contribution is 2.28. The predicted octanol–water partition coefficient (Wildman–Crippen LogP) is 3.54. The fourth-order valence-corrected chi connectivity index (χ4v) is 2.59. The minimum atomic E-state index is 0.654. The molecule has 0 radical (unpaired) electrons. The molecule has 0 unspecified atom stereocenters. The van der Waals surface area contributed by atoms with Gasteiger partial charge in [-0.2, -0.15) is 0 Å². The SMILES string of the molecule is CC(C)CNCc1cc(Br)cc(Br)c1N. The molecule has 0 aliphatic rings. The third-order valence-corrected chi connectivity index (χ3v) is 3.16. The first kappa shape index (κ1) is 13.0. The van der Waals surface area contributed by atoms with Gasteiger partial charge in [-0.25, -0.2) is 0 Å². The molecular weight excluding hydrogens is 320 g/mol. The molecule has 1 rings (SSSR count). The van der Waals surface area contributed by atoms with Crippen LogP contribution in [-0.2, 0) is 6.54 Å². The van der Waals surface area contributed by atoms with Crippen LogP contribution in [0.3, 0.4) is 0 Å². The zero-order valence-electron chi connectivity index (χ0n) is 8.98. The van der Waals surface area contributed by atoms with Crippen LogP contribution >= 0.6 is 31.9 Å². The molecule has 0 aromatic heterocycles. The van der Waals surface area contributed by atoms with Crippen molar-refractivity contribution in [2.75, 3.05) is 12.3 Å². The van der Waals surface area contributed by atoms with Gasteiger partial charge in [0, 0.05) is 15.5 Å². The first-order valence-electron chi connectivity index (χ1n) is 4.94. The van der Waals surface area contributed by atoms with Crippen LogP contribution in [0.15, 0.2) is 21.1 Å². The fraction of sp³-hybridized carbons (Fsp3) is 0.455. The molecule has 0 spiro atoms. The predicted molar refractivity (Wildman–Crippen MR) is 72.8 cm³/mol. The third-order valence-electron chi connectivity index (χ3n) is 2.05. The van der Waals surface area contributed by atoms with E-state index in [2.05, 4.69) is 51.0 Å². The second-order valence-corrected chi connectivity index (χ2v) is 5.76. The van der Waals surface area contributed by atoms with Crippen LogP contribution in [0, 0.1) is 5.92 Å². The summed E-state index contributed by atoms with van der Waals surface area (Å²) in [7, 11) is 0. The van der Waals surface area contributed by atoms with Crippen molar-refractivity contribution in [3.63, 3.8) is 0 Å². The van der Waals surface area contributed by atoms with Gasteiger partial charge >= 0.3 is 0 Å². The molecule has 4 heteroatoms. The van der Waals surface area contributed by atoms with Crippen LogP contribution in [0.25, 0.3) is 0 Å². The summed E-state index contributed by atoms with van der Waals surface area (Å²) in [6.45, 7) is 6.19. The molecule has 2 nitrogen and oxygen atoms in total. The maximum Gasteiger partial charge on any atom is 0.0504 e. The van der Waals surface area contributed by atoms with Crippen molar-refractivity contribution in [1.82, 2.24) is 5.32 Å². The Kier molecular flexibility index (Phi) is 5.09. The van der Waals surface area contributed by atoms with E-state index in [0.29, 0.717) is 5.92 Å². The quantitative estimate of drug-likeness (QED) is 0.826. The van der Waals surface area contributed by atoms with Gasteiger partial charge in [-0.15, -0.1) is 0 Å². The van der Waals surface area contributed by atoms with Gasteiger partial charge in [0.25, 0.3) is 0 Å². The summed E-state index contributed by atoms with van der Waals surface area (Å²) in [6, 6.07) is 4.01. The number of nitrogens with two attached hydrogens (primary N) is 1. The van der Waals surface area contributed by atoms with E-state index in [1.54, 1.807) is 0 Å². The number of anilines is 1. The van der Waals surface area contributed by atoms with Crippen molar-refractivity contribution in [3.8, 4) is 0 Å². The molecule has 1 aromatic carbocycles. The number of rotatable bonds is 4. The van der Waals surface area contributed by atoms with E-state index in [-0.39, 0.29) is 0 Å². The van der Waals surface area contributed by atoms with E-state index in [9.17, 15) is 0 Å². The zero-order chi connectivity index (χ0) is 11.4. The lowest BCUT2D eigenvalue weighted by atomic mass is 10.1. The number of hydrogen-bond acceptors (Lipinski definition) is 2. The van der Waals surface area contributed by atoms with Crippen molar-refractivity contribution in [2.24, 2.45) is 5.92 Å². The van der Waals surface area contributed by atoms with E-state index in [1.165, 1.54) is 0 Å². The Morgan fingerprint density at radius 1 is 1.33 bits per heavy atom. The first-order chi connectivity index (χ1) is 7.00. The molecule has 0 heterocycles. The molecule has 84 valence electrons. The summed E-state index contributed by atoms with van der Waals surface area (Å²) >= 11 is 6.89. The molecule has 15 heavy (non-hydrogen) atoms. The maximum atomic E-state index is 5.96. The molecule has 0 aliphatic carbocycles. The van der Waals surface area contributed by atoms with E-state index in [1.807, 2.05) is 12.1 Å². The Hall–Kier alpha value is -0.0600. The summed E-state index contributed by atoms with van der Waals surface area (Å²) < 4.78 is 1.99. The number of halogens is 2. The highest BCUT2D eigenvalue weighted by molar-refractivity contribution is 9.11. The zero-order valence-corrected chi connectivity index (χ0v) is 12.2. The Morgan fingerprint density at radius 3 is 2.60 bits per heavy atom. The van der Waals surface area contributed by atoms with Gasteiger partial charge in [-0.05, 0) is 46.1 Å². The van der Waals surface area contributed by atoms with E-state index in [0.717, 1.165) is 33.3 Å². The maximum absolute atomic E-state index is 5.96. The van der Waals surface area contributed by atoms with Gasteiger partial charge in [-0.3, -0.25) is 0 Å². The molecule has 0 bridgehead atoms. The van der Waals surface area contributed by atoms with E-state index >= 15 is 0 Å². The lowest BCUT2D eigenvalue weighted by molar-refractivity contribution is 0.552. The number of nitrogens with one attached hydrogen (secondary N) is 1. The lowest BCUT2D eigenvalue weighted by Gasteiger charge is -2.11. The van der Waals surface area contributed by atoms with Crippen LogP contribution < -0.4 is 11.1 Å². The molecule has 0 amide bonds. The fourth-order valence-electron chi connectivity index (χ4n) is 1.28. The average molecular weight is 336 g/mol. The van der Waals surface area contributed by atoms with Gasteiger partial charge in [0.2, 0.25) is 0 Å². The summed E-state index contributed by atoms with van der Waals surface area (Å²) in [5.74, 6) is 0.654. The average Bonchev–Trinajstić information content (AvgIpc) is 2.12. The van der Waals surface area contributed by atoms with Gasteiger partial charge < -0.3 is 11.1 Å². The van der Waals surface area contributed by atoms with Gasteiger partial charge in [-0.1, -0.05) is 29.8 Å². The Morgan fingerprint density at radius 2 is 2.00 bits per heavy atom. The van der Waals surface area contributed by atoms with Crippen molar-refractivity contribution >= 4 is 37.5 Å². The minimum Gasteiger partial charge on any atom is -0.398 e. The second kappa shape index (κ2) is 5.87. The molecule has 0 saturated carbocycles. The van der Waals surface area contributed by atoms with Gasteiger partial charge in [0.1, 0.15) is 0 Å². The molecule has 0 fully saturated rings. The van der Waals surface area contributed by atoms with Crippen LogP contribution in [0.5, 0.6) is 0 Å². The summed E-state index contributed by atoms with van der Waals surface area (Å²) in [5, 5.41) is 3.37. The topological polar surface area (TPSA) is 38.0 Å². The molecule has 3 N–H and O–H groups in total. The molecule has 1 aromatic rings. The summed E-state index contributed by atoms with van der Waals surface area (Å²) in [4.78, 5) is 0. The largest absolute Gasteiger partial charge is 0.398 e. The van der Waals surface area contributed by atoms with E-state index in [4.69, 9.17) is 5.73 Å². The van der Waals surface area contributed by atoms with Crippen molar-refractivity contribution in [2.45, 2.75) is 20.4 Å². The van der Waals surface area contributed by atoms with Crippen LogP contribution in [0.2, 0.25) is 0 Å². The number of nitrogen functional groups attached to an aromatic ring is 1. The van der Waals surface area contributed by atoms with E-state index < -0.39 is 0 Å². The van der Waals surface area contributed by atoms with Crippen molar-refractivity contribution in [1.29, 1.82) is 0 Å². The van der Waals surface area contributed by atoms with Crippen molar-refractivity contribution in [3.05, 3.63) is 26.6 Å². The highest BCUT2D eigenvalue weighted by atomic mass is 79.9. The minimum absolute atomic E-state index is 0.654. The monoisotopic (exact) mass is 334 g/mol. The third kappa shape index (κ3) is 4.13. The molecular formula is C11H16Br2N2. The molecule has 0 saturated heterocycles. The molecule has 0 aliphatic heterocycles. The lowest BCUT2D eigenvalue weighted by Crippen LogP contribution is -2.19. The summed E-state index contributed by atoms with van der Waals surface area (Å²) in [5.41, 5.74) is 7.90. The van der Waals surface area contributed by atoms with Crippen LogP contribution in [-0.4, -0.2) is 6.54 Å². The van der Waals surface area contributed by atoms with Crippen LogP contribution in [0.4, 0.5) is 5.69 Å².